The Kier molecular flexibility index (Phi) is 4.90. The number of urea groups is 1. The zero-order valence-electron chi connectivity index (χ0n) is 10.5. The summed E-state index contributed by atoms with van der Waals surface area (Å²) in [5.74, 6) is 0. The fourth-order valence-corrected chi connectivity index (χ4v) is 1.32. The van der Waals surface area contributed by atoms with Crippen molar-refractivity contribution in [1.29, 1.82) is 0 Å². The second-order valence-electron chi connectivity index (χ2n) is 4.18. The molecule has 0 saturated heterocycles. The molecule has 94 valence electrons. The average molecular weight is 237 g/mol. The third kappa shape index (κ3) is 4.82. The van der Waals surface area contributed by atoms with Gasteiger partial charge in [-0.2, -0.15) is 0 Å². The Hall–Kier alpha value is -1.62. The summed E-state index contributed by atoms with van der Waals surface area (Å²) in [6.45, 7) is 4.10. The molecule has 1 heterocycles. The molecule has 2 amide bonds. The first-order chi connectivity index (χ1) is 7.99. The lowest BCUT2D eigenvalue weighted by Crippen LogP contribution is -2.33. The van der Waals surface area contributed by atoms with Gasteiger partial charge in [-0.05, 0) is 32.4 Å². The van der Waals surface area contributed by atoms with E-state index in [9.17, 15) is 4.79 Å². The molecule has 2 N–H and O–H groups in total. The van der Waals surface area contributed by atoms with Gasteiger partial charge in [-0.15, -0.1) is 0 Å². The number of aromatic nitrogens is 1. The number of aliphatic hydroxyl groups is 1. The number of amides is 2. The standard InChI is InChI=1S/C12H19N3O2/c1-9-8-11(4-6-13-9)14-12(17)15(3)7-5-10(2)16/h4,6,8,10,16H,5,7H2,1-3H3,(H,13,14,17). The normalized spacial score (nSPS) is 12.0. The first-order valence-corrected chi connectivity index (χ1v) is 5.62. The molecule has 1 aromatic rings. The monoisotopic (exact) mass is 237 g/mol. The van der Waals surface area contributed by atoms with E-state index in [-0.39, 0.29) is 6.03 Å². The maximum atomic E-state index is 11.7. The number of hydrogen-bond donors (Lipinski definition) is 2. The van der Waals surface area contributed by atoms with Gasteiger partial charge >= 0.3 is 6.03 Å². The van der Waals surface area contributed by atoms with Gasteiger partial charge in [-0.1, -0.05) is 0 Å². The van der Waals surface area contributed by atoms with Gasteiger partial charge < -0.3 is 15.3 Å². The number of carbonyl (C=O) groups excluding carboxylic acids is 1. The minimum atomic E-state index is -0.395. The van der Waals surface area contributed by atoms with Gasteiger partial charge in [0.1, 0.15) is 0 Å². The zero-order valence-corrected chi connectivity index (χ0v) is 10.5. The molecule has 17 heavy (non-hydrogen) atoms. The predicted molar refractivity (Wildman–Crippen MR) is 66.9 cm³/mol. The van der Waals surface area contributed by atoms with Crippen LogP contribution in [0.1, 0.15) is 19.0 Å². The third-order valence-corrected chi connectivity index (χ3v) is 2.38. The lowest BCUT2D eigenvalue weighted by atomic mass is 10.3. The second kappa shape index (κ2) is 6.20. The van der Waals surface area contributed by atoms with E-state index in [0.29, 0.717) is 13.0 Å². The SMILES string of the molecule is Cc1cc(NC(=O)N(C)CCC(C)O)ccn1. The van der Waals surface area contributed by atoms with Crippen molar-refractivity contribution in [3.63, 3.8) is 0 Å². The van der Waals surface area contributed by atoms with Crippen molar-refractivity contribution in [2.45, 2.75) is 26.4 Å². The molecule has 0 aliphatic carbocycles. The molecule has 0 fully saturated rings. The van der Waals surface area contributed by atoms with Gasteiger partial charge in [0.25, 0.3) is 0 Å². The van der Waals surface area contributed by atoms with Crippen LogP contribution in [-0.4, -0.2) is 40.7 Å². The van der Waals surface area contributed by atoms with E-state index in [0.717, 1.165) is 11.4 Å². The lowest BCUT2D eigenvalue weighted by Gasteiger charge is -2.18. The van der Waals surface area contributed by atoms with E-state index >= 15 is 0 Å². The molecule has 0 saturated carbocycles. The van der Waals surface area contributed by atoms with Crippen LogP contribution in [0, 0.1) is 6.92 Å². The van der Waals surface area contributed by atoms with Gasteiger partial charge in [0.05, 0.1) is 6.10 Å². The number of nitrogens with one attached hydrogen (secondary N) is 1. The topological polar surface area (TPSA) is 65.5 Å². The minimum Gasteiger partial charge on any atom is -0.393 e. The van der Waals surface area contributed by atoms with Crippen molar-refractivity contribution < 1.29 is 9.90 Å². The van der Waals surface area contributed by atoms with Gasteiger partial charge in [0, 0.05) is 31.2 Å². The van der Waals surface area contributed by atoms with Crippen molar-refractivity contribution in [2.75, 3.05) is 18.9 Å². The van der Waals surface area contributed by atoms with Crippen LogP contribution < -0.4 is 5.32 Å². The first-order valence-electron chi connectivity index (χ1n) is 5.62. The van der Waals surface area contributed by atoms with E-state index in [2.05, 4.69) is 10.3 Å². The smallest absolute Gasteiger partial charge is 0.321 e. The number of carbonyl (C=O) groups is 1. The molecule has 0 spiro atoms. The van der Waals surface area contributed by atoms with Gasteiger partial charge in [-0.3, -0.25) is 4.98 Å². The zero-order chi connectivity index (χ0) is 12.8. The van der Waals surface area contributed by atoms with Gasteiger partial charge in [0.2, 0.25) is 0 Å². The van der Waals surface area contributed by atoms with E-state index < -0.39 is 6.10 Å². The first kappa shape index (κ1) is 13.4. The predicted octanol–water partition coefficient (Wildman–Crippen LogP) is 1.62. The Labute approximate surface area is 101 Å². The molecule has 5 nitrogen and oxygen atoms in total. The highest BCUT2D eigenvalue weighted by molar-refractivity contribution is 5.89. The number of pyridine rings is 1. The fourth-order valence-electron chi connectivity index (χ4n) is 1.32. The number of anilines is 1. The van der Waals surface area contributed by atoms with Crippen molar-refractivity contribution in [1.82, 2.24) is 9.88 Å². The highest BCUT2D eigenvalue weighted by Gasteiger charge is 2.09. The van der Waals surface area contributed by atoms with Gasteiger partial charge in [0.15, 0.2) is 0 Å². The summed E-state index contributed by atoms with van der Waals surface area (Å²) in [4.78, 5) is 17.3. The number of aliphatic hydroxyl groups excluding tert-OH is 1. The van der Waals surface area contributed by atoms with Crippen LogP contribution in [0.3, 0.4) is 0 Å². The Balaban J connectivity index is 2.48. The summed E-state index contributed by atoms with van der Waals surface area (Å²) < 4.78 is 0. The lowest BCUT2D eigenvalue weighted by molar-refractivity contribution is 0.167. The Morgan fingerprint density at radius 1 is 1.65 bits per heavy atom. The van der Waals surface area contributed by atoms with Crippen molar-refractivity contribution >= 4 is 11.7 Å². The minimum absolute atomic E-state index is 0.184. The molecular weight excluding hydrogens is 218 g/mol. The number of rotatable bonds is 4. The molecule has 5 heteroatoms. The van der Waals surface area contributed by atoms with Crippen molar-refractivity contribution in [3.05, 3.63) is 24.0 Å². The van der Waals surface area contributed by atoms with Crippen LogP contribution in [0.5, 0.6) is 0 Å². The summed E-state index contributed by atoms with van der Waals surface area (Å²) in [7, 11) is 1.70. The summed E-state index contributed by atoms with van der Waals surface area (Å²) in [5, 5.41) is 11.9. The van der Waals surface area contributed by atoms with Crippen LogP contribution in [0.2, 0.25) is 0 Å². The summed E-state index contributed by atoms with van der Waals surface area (Å²) in [6, 6.07) is 3.37. The Morgan fingerprint density at radius 2 is 2.35 bits per heavy atom. The molecule has 0 bridgehead atoms. The van der Waals surface area contributed by atoms with Gasteiger partial charge in [-0.25, -0.2) is 4.79 Å². The summed E-state index contributed by atoms with van der Waals surface area (Å²) in [5.41, 5.74) is 1.58. The molecule has 0 aliphatic rings. The molecule has 0 radical (unpaired) electrons. The summed E-state index contributed by atoms with van der Waals surface area (Å²) >= 11 is 0. The average Bonchev–Trinajstić information content (AvgIpc) is 2.25. The van der Waals surface area contributed by atoms with E-state index in [1.807, 2.05) is 6.92 Å². The molecular formula is C12H19N3O2. The molecule has 0 aromatic carbocycles. The highest BCUT2D eigenvalue weighted by atomic mass is 16.3. The molecule has 1 atom stereocenters. The summed E-state index contributed by atoms with van der Waals surface area (Å²) in [6.07, 6.45) is 1.83. The van der Waals surface area contributed by atoms with Crippen LogP contribution in [0.25, 0.3) is 0 Å². The van der Waals surface area contributed by atoms with Crippen LogP contribution in [0.15, 0.2) is 18.3 Å². The molecule has 1 aromatic heterocycles. The highest BCUT2D eigenvalue weighted by Crippen LogP contribution is 2.08. The number of aryl methyl sites for hydroxylation is 1. The van der Waals surface area contributed by atoms with E-state index in [4.69, 9.17) is 5.11 Å². The van der Waals surface area contributed by atoms with Crippen molar-refractivity contribution in [2.24, 2.45) is 0 Å². The quantitative estimate of drug-likeness (QED) is 0.836. The second-order valence-corrected chi connectivity index (χ2v) is 4.18. The number of nitrogens with zero attached hydrogens (tertiary/aromatic N) is 2. The van der Waals surface area contributed by atoms with Crippen LogP contribution in [-0.2, 0) is 0 Å². The third-order valence-electron chi connectivity index (χ3n) is 2.38. The largest absolute Gasteiger partial charge is 0.393 e. The Morgan fingerprint density at radius 3 is 2.94 bits per heavy atom. The molecule has 1 unspecified atom stereocenters. The molecule has 0 aliphatic heterocycles. The number of hydrogen-bond acceptors (Lipinski definition) is 3. The fraction of sp³-hybridized carbons (Fsp3) is 0.500. The van der Waals surface area contributed by atoms with Crippen LogP contribution >= 0.6 is 0 Å². The Bertz CT molecular complexity index is 380. The van der Waals surface area contributed by atoms with E-state index in [1.165, 1.54) is 0 Å². The maximum absolute atomic E-state index is 11.7. The van der Waals surface area contributed by atoms with Crippen LogP contribution in [0.4, 0.5) is 10.5 Å². The maximum Gasteiger partial charge on any atom is 0.321 e. The van der Waals surface area contributed by atoms with E-state index in [1.54, 1.807) is 37.2 Å². The molecule has 1 rings (SSSR count). The van der Waals surface area contributed by atoms with Crippen molar-refractivity contribution in [3.8, 4) is 0 Å².